The van der Waals surface area contributed by atoms with Crippen molar-refractivity contribution in [3.8, 4) is 0 Å². The van der Waals surface area contributed by atoms with Crippen molar-refractivity contribution in [3.05, 3.63) is 24.3 Å². The van der Waals surface area contributed by atoms with Crippen molar-refractivity contribution in [2.45, 2.75) is 26.3 Å². The Kier molecular flexibility index (Phi) is 4.98. The average molecular weight is 304 g/mol. The number of hydrogen-bond acceptors (Lipinski definition) is 3. The molecule has 4 amide bonds. The normalized spacial score (nSPS) is 13.4. The second-order valence-electron chi connectivity index (χ2n) is 5.36. The zero-order chi connectivity index (χ0) is 16.1. The number of amides is 4. The number of hydrogen-bond donors (Lipinski definition) is 3. The second kappa shape index (κ2) is 6.93. The van der Waals surface area contributed by atoms with E-state index in [4.69, 9.17) is 0 Å². The quantitative estimate of drug-likeness (QED) is 0.777. The monoisotopic (exact) mass is 304 g/mol. The third kappa shape index (κ3) is 3.97. The van der Waals surface area contributed by atoms with Crippen LogP contribution in [0.15, 0.2) is 24.3 Å². The van der Waals surface area contributed by atoms with Crippen molar-refractivity contribution >= 4 is 29.2 Å². The Morgan fingerprint density at radius 1 is 1.32 bits per heavy atom. The van der Waals surface area contributed by atoms with E-state index in [2.05, 4.69) is 16.0 Å². The Labute approximate surface area is 129 Å². The predicted molar refractivity (Wildman–Crippen MR) is 83.7 cm³/mol. The van der Waals surface area contributed by atoms with Gasteiger partial charge in [0.15, 0.2) is 0 Å². The first-order chi connectivity index (χ1) is 10.5. The third-order valence-electron chi connectivity index (χ3n) is 3.09. The molecule has 7 heteroatoms. The van der Waals surface area contributed by atoms with Crippen molar-refractivity contribution in [2.24, 2.45) is 0 Å². The minimum Gasteiger partial charge on any atom is -0.354 e. The van der Waals surface area contributed by atoms with E-state index in [1.165, 1.54) is 4.90 Å². The van der Waals surface area contributed by atoms with Gasteiger partial charge in [-0.2, -0.15) is 0 Å². The molecule has 0 aliphatic carbocycles. The Morgan fingerprint density at radius 3 is 2.77 bits per heavy atom. The molecule has 7 nitrogen and oxygen atoms in total. The largest absolute Gasteiger partial charge is 0.354 e. The van der Waals surface area contributed by atoms with Crippen LogP contribution >= 0.6 is 0 Å². The van der Waals surface area contributed by atoms with Gasteiger partial charge in [-0.3, -0.25) is 14.5 Å². The lowest BCUT2D eigenvalue weighted by atomic mass is 10.2. The molecule has 0 aromatic heterocycles. The molecule has 0 saturated carbocycles. The molecule has 22 heavy (non-hydrogen) atoms. The fourth-order valence-electron chi connectivity index (χ4n) is 2.19. The number of benzene rings is 1. The topological polar surface area (TPSA) is 90.5 Å². The summed E-state index contributed by atoms with van der Waals surface area (Å²) >= 11 is 0. The van der Waals surface area contributed by atoms with E-state index in [1.54, 1.807) is 24.3 Å². The van der Waals surface area contributed by atoms with Gasteiger partial charge in [-0.25, -0.2) is 4.79 Å². The van der Waals surface area contributed by atoms with Crippen molar-refractivity contribution in [3.63, 3.8) is 0 Å². The Bertz CT molecular complexity index is 586. The maximum Gasteiger partial charge on any atom is 0.322 e. The summed E-state index contributed by atoms with van der Waals surface area (Å²) in [5, 5.41) is 8.13. The number of nitrogens with one attached hydrogen (secondary N) is 3. The molecule has 1 aromatic rings. The van der Waals surface area contributed by atoms with Gasteiger partial charge in [-0.1, -0.05) is 12.1 Å². The van der Waals surface area contributed by atoms with E-state index in [-0.39, 0.29) is 43.4 Å². The van der Waals surface area contributed by atoms with E-state index in [0.29, 0.717) is 11.4 Å². The van der Waals surface area contributed by atoms with Gasteiger partial charge in [0.1, 0.15) is 6.54 Å². The van der Waals surface area contributed by atoms with Crippen LogP contribution in [0.2, 0.25) is 0 Å². The molecule has 0 atom stereocenters. The molecule has 0 saturated heterocycles. The lowest BCUT2D eigenvalue weighted by Gasteiger charge is -2.29. The average Bonchev–Trinajstić information content (AvgIpc) is 2.45. The highest BCUT2D eigenvalue weighted by Gasteiger charge is 2.26. The number of carbonyl (C=O) groups is 3. The maximum absolute atomic E-state index is 12.2. The van der Waals surface area contributed by atoms with Gasteiger partial charge < -0.3 is 16.0 Å². The van der Waals surface area contributed by atoms with E-state index in [9.17, 15) is 14.4 Å². The number of fused-ring (bicyclic) bond motifs is 1. The molecule has 118 valence electrons. The molecule has 0 unspecified atom stereocenters. The zero-order valence-corrected chi connectivity index (χ0v) is 12.7. The minimum absolute atomic E-state index is 0.0406. The number of rotatable bonds is 4. The molecule has 3 N–H and O–H groups in total. The number of carbonyl (C=O) groups excluding carboxylic acids is 3. The van der Waals surface area contributed by atoms with Gasteiger partial charge in [0.05, 0.1) is 11.4 Å². The summed E-state index contributed by atoms with van der Waals surface area (Å²) in [5.74, 6) is -0.363. The van der Waals surface area contributed by atoms with Crippen LogP contribution in [0, 0.1) is 0 Å². The standard InChI is InChI=1S/C15H20N4O3/c1-10(2)17-13(20)7-8-16-15(22)19-9-14(21)18-11-5-3-4-6-12(11)19/h3-6,10H,7-9H2,1-2H3,(H,16,22)(H,17,20)(H,18,21). The second-order valence-corrected chi connectivity index (χ2v) is 5.36. The van der Waals surface area contributed by atoms with Gasteiger partial charge in [0.2, 0.25) is 11.8 Å². The van der Waals surface area contributed by atoms with Crippen LogP contribution in [-0.4, -0.2) is 37.0 Å². The summed E-state index contributed by atoms with van der Waals surface area (Å²) in [6.07, 6.45) is 0.200. The Balaban J connectivity index is 1.93. The van der Waals surface area contributed by atoms with E-state index < -0.39 is 0 Å². The van der Waals surface area contributed by atoms with Crippen molar-refractivity contribution < 1.29 is 14.4 Å². The molecule has 0 radical (unpaired) electrons. The summed E-state index contributed by atoms with van der Waals surface area (Å²) in [6.45, 7) is 3.93. The minimum atomic E-state index is -0.389. The van der Waals surface area contributed by atoms with Crippen LogP contribution in [-0.2, 0) is 9.59 Å². The van der Waals surface area contributed by atoms with Crippen LogP contribution in [0.1, 0.15) is 20.3 Å². The van der Waals surface area contributed by atoms with E-state index >= 15 is 0 Å². The molecule has 2 rings (SSSR count). The Hall–Kier alpha value is -2.57. The highest BCUT2D eigenvalue weighted by Crippen LogP contribution is 2.28. The Morgan fingerprint density at radius 2 is 2.05 bits per heavy atom. The fraction of sp³-hybridized carbons (Fsp3) is 0.400. The third-order valence-corrected chi connectivity index (χ3v) is 3.09. The molecule has 1 aliphatic rings. The SMILES string of the molecule is CC(C)NC(=O)CCNC(=O)N1CC(=O)Nc2ccccc21. The predicted octanol–water partition coefficient (Wildman–Crippen LogP) is 1.07. The molecular weight excluding hydrogens is 284 g/mol. The fourth-order valence-corrected chi connectivity index (χ4v) is 2.19. The van der Waals surface area contributed by atoms with Crippen LogP contribution in [0.4, 0.5) is 16.2 Å². The van der Waals surface area contributed by atoms with E-state index in [0.717, 1.165) is 0 Å². The summed E-state index contributed by atoms with van der Waals surface area (Å²) in [4.78, 5) is 36.8. The van der Waals surface area contributed by atoms with Crippen molar-refractivity contribution in [1.82, 2.24) is 10.6 Å². The van der Waals surface area contributed by atoms with Gasteiger partial charge in [-0.05, 0) is 26.0 Å². The van der Waals surface area contributed by atoms with E-state index in [1.807, 2.05) is 13.8 Å². The van der Waals surface area contributed by atoms with Crippen LogP contribution in [0.3, 0.4) is 0 Å². The summed E-state index contributed by atoms with van der Waals surface area (Å²) in [6, 6.07) is 6.77. The molecule has 1 aliphatic heterocycles. The van der Waals surface area contributed by atoms with Crippen molar-refractivity contribution in [1.29, 1.82) is 0 Å². The first-order valence-corrected chi connectivity index (χ1v) is 7.21. The molecule has 0 fully saturated rings. The first kappa shape index (κ1) is 15.8. The highest BCUT2D eigenvalue weighted by atomic mass is 16.2. The van der Waals surface area contributed by atoms with Crippen molar-refractivity contribution in [2.75, 3.05) is 23.3 Å². The number of urea groups is 1. The lowest BCUT2D eigenvalue weighted by Crippen LogP contribution is -2.47. The van der Waals surface area contributed by atoms with Gasteiger partial charge in [0.25, 0.3) is 0 Å². The molecule has 0 bridgehead atoms. The zero-order valence-electron chi connectivity index (χ0n) is 12.7. The molecular formula is C15H20N4O3. The summed E-state index contributed by atoms with van der Waals surface area (Å²) in [7, 11) is 0. The summed E-state index contributed by atoms with van der Waals surface area (Å²) in [5.41, 5.74) is 1.25. The van der Waals surface area contributed by atoms with Crippen LogP contribution in [0.5, 0.6) is 0 Å². The first-order valence-electron chi connectivity index (χ1n) is 7.21. The highest BCUT2D eigenvalue weighted by molar-refractivity contribution is 6.09. The number of anilines is 2. The van der Waals surface area contributed by atoms with Crippen LogP contribution < -0.4 is 20.9 Å². The molecule has 1 aromatic carbocycles. The smallest absolute Gasteiger partial charge is 0.322 e. The number of nitrogens with zero attached hydrogens (tertiary/aromatic N) is 1. The lowest BCUT2D eigenvalue weighted by molar-refractivity contribution is -0.121. The van der Waals surface area contributed by atoms with Gasteiger partial charge >= 0.3 is 6.03 Å². The van der Waals surface area contributed by atoms with Gasteiger partial charge in [-0.15, -0.1) is 0 Å². The molecule has 1 heterocycles. The number of para-hydroxylation sites is 2. The van der Waals surface area contributed by atoms with Gasteiger partial charge in [0, 0.05) is 19.0 Å². The van der Waals surface area contributed by atoms with Crippen LogP contribution in [0.25, 0.3) is 0 Å². The summed E-state index contributed by atoms with van der Waals surface area (Å²) < 4.78 is 0. The maximum atomic E-state index is 12.2. The molecule has 0 spiro atoms.